The van der Waals surface area contributed by atoms with Crippen molar-refractivity contribution < 1.29 is 4.79 Å². The first-order valence-corrected chi connectivity index (χ1v) is 7.58. The number of nitrogens with one attached hydrogen (secondary N) is 1. The van der Waals surface area contributed by atoms with E-state index in [0.29, 0.717) is 12.2 Å². The molecule has 0 radical (unpaired) electrons. The van der Waals surface area contributed by atoms with Crippen molar-refractivity contribution in [1.82, 2.24) is 15.3 Å². The van der Waals surface area contributed by atoms with Gasteiger partial charge in [-0.25, -0.2) is 9.97 Å². The summed E-state index contributed by atoms with van der Waals surface area (Å²) < 4.78 is 0. The molecule has 0 aromatic carbocycles. The molecule has 0 aliphatic rings. The van der Waals surface area contributed by atoms with E-state index in [1.54, 1.807) is 5.38 Å². The van der Waals surface area contributed by atoms with Crippen LogP contribution in [-0.4, -0.2) is 15.9 Å². The Morgan fingerprint density at radius 3 is 2.43 bits per heavy atom. The molecule has 0 saturated carbocycles. The van der Waals surface area contributed by atoms with Crippen LogP contribution in [0.3, 0.4) is 0 Å². The molecule has 0 fully saturated rings. The highest BCUT2D eigenvalue weighted by molar-refractivity contribution is 7.10. The highest BCUT2D eigenvalue weighted by atomic mass is 35.5. The lowest BCUT2D eigenvalue weighted by Gasteiger charge is -2.23. The Balaban J connectivity index is 0.00000200. The lowest BCUT2D eigenvalue weighted by atomic mass is 10.1. The minimum Gasteiger partial charge on any atom is -0.339 e. The molecule has 3 N–H and O–H groups in total. The molecule has 2 rings (SSSR count). The molecule has 0 spiro atoms. The summed E-state index contributed by atoms with van der Waals surface area (Å²) in [6, 6.07) is 0. The van der Waals surface area contributed by atoms with Gasteiger partial charge in [0, 0.05) is 23.0 Å². The molecule has 2 aromatic heterocycles. The van der Waals surface area contributed by atoms with Gasteiger partial charge in [-0.3, -0.25) is 4.79 Å². The smallest absolute Gasteiger partial charge is 0.271 e. The predicted molar refractivity (Wildman–Crippen MR) is 91.8 cm³/mol. The van der Waals surface area contributed by atoms with Crippen LogP contribution in [-0.2, 0) is 12.1 Å². The van der Waals surface area contributed by atoms with E-state index in [1.165, 1.54) is 22.7 Å². The standard InChI is InChI=1S/C12H16N4OS2.2ClH/c1-7-5-19-11(14-7)12(2,3)16-10(17)8-6-18-9(4-13)15-8;;/h5-6H,4,13H2,1-3H3,(H,16,17);2*1H. The molecule has 0 aliphatic carbocycles. The number of carbonyl (C=O) groups is 1. The largest absolute Gasteiger partial charge is 0.339 e. The average Bonchev–Trinajstić information content (AvgIpc) is 2.96. The third-order valence-electron chi connectivity index (χ3n) is 2.54. The minimum atomic E-state index is -0.511. The molecule has 0 unspecified atom stereocenters. The van der Waals surface area contributed by atoms with E-state index < -0.39 is 5.54 Å². The van der Waals surface area contributed by atoms with E-state index in [9.17, 15) is 4.79 Å². The van der Waals surface area contributed by atoms with Crippen LogP contribution >= 0.6 is 47.5 Å². The average molecular weight is 369 g/mol. The number of halogens is 2. The van der Waals surface area contributed by atoms with Crippen LogP contribution < -0.4 is 11.1 Å². The van der Waals surface area contributed by atoms with Crippen molar-refractivity contribution in [3.05, 3.63) is 32.2 Å². The lowest BCUT2D eigenvalue weighted by molar-refractivity contribution is 0.0907. The maximum Gasteiger partial charge on any atom is 0.271 e. The second kappa shape index (κ2) is 8.05. The summed E-state index contributed by atoms with van der Waals surface area (Å²) in [7, 11) is 0. The molecular weight excluding hydrogens is 351 g/mol. The lowest BCUT2D eigenvalue weighted by Crippen LogP contribution is -2.41. The summed E-state index contributed by atoms with van der Waals surface area (Å²) in [4.78, 5) is 20.7. The first-order chi connectivity index (χ1) is 8.92. The fourth-order valence-electron chi connectivity index (χ4n) is 1.55. The molecule has 118 valence electrons. The SMILES string of the molecule is Cc1csc(C(C)(C)NC(=O)c2csc(CN)n2)n1.Cl.Cl. The number of carbonyl (C=O) groups excluding carboxylic acids is 1. The van der Waals surface area contributed by atoms with Gasteiger partial charge in [0.1, 0.15) is 15.7 Å². The minimum absolute atomic E-state index is 0. The van der Waals surface area contributed by atoms with Crippen molar-refractivity contribution in [2.45, 2.75) is 32.9 Å². The predicted octanol–water partition coefficient (Wildman–Crippen LogP) is 2.88. The van der Waals surface area contributed by atoms with Crippen molar-refractivity contribution in [3.63, 3.8) is 0 Å². The van der Waals surface area contributed by atoms with Crippen LogP contribution in [0.2, 0.25) is 0 Å². The van der Waals surface area contributed by atoms with Gasteiger partial charge in [0.05, 0.1) is 5.54 Å². The molecule has 2 aromatic rings. The Labute approximate surface area is 144 Å². The Hall–Kier alpha value is -0.730. The maximum absolute atomic E-state index is 12.1. The van der Waals surface area contributed by atoms with Crippen molar-refractivity contribution in [3.8, 4) is 0 Å². The van der Waals surface area contributed by atoms with Gasteiger partial charge >= 0.3 is 0 Å². The Morgan fingerprint density at radius 2 is 1.95 bits per heavy atom. The highest BCUT2D eigenvalue weighted by Gasteiger charge is 2.27. The summed E-state index contributed by atoms with van der Waals surface area (Å²) in [5.74, 6) is -0.200. The Kier molecular flexibility index (Phi) is 7.77. The number of amides is 1. The molecule has 0 aliphatic heterocycles. The van der Waals surface area contributed by atoms with Gasteiger partial charge in [0.2, 0.25) is 0 Å². The van der Waals surface area contributed by atoms with Gasteiger partial charge < -0.3 is 11.1 Å². The number of hydrogen-bond acceptors (Lipinski definition) is 6. The molecule has 1 amide bonds. The first-order valence-electron chi connectivity index (χ1n) is 5.82. The third kappa shape index (κ3) is 4.89. The maximum atomic E-state index is 12.1. The van der Waals surface area contributed by atoms with Crippen LogP contribution in [0.25, 0.3) is 0 Å². The van der Waals surface area contributed by atoms with E-state index in [0.717, 1.165) is 15.7 Å². The number of aromatic nitrogens is 2. The number of rotatable bonds is 4. The van der Waals surface area contributed by atoms with E-state index >= 15 is 0 Å². The topological polar surface area (TPSA) is 80.9 Å². The zero-order chi connectivity index (χ0) is 14.0. The van der Waals surface area contributed by atoms with Crippen LogP contribution in [0.5, 0.6) is 0 Å². The zero-order valence-electron chi connectivity index (χ0n) is 11.9. The second-order valence-corrected chi connectivity index (χ2v) is 6.50. The van der Waals surface area contributed by atoms with E-state index in [-0.39, 0.29) is 30.7 Å². The van der Waals surface area contributed by atoms with Crippen LogP contribution in [0.4, 0.5) is 0 Å². The number of nitrogens with two attached hydrogens (primary N) is 1. The molecule has 5 nitrogen and oxygen atoms in total. The summed E-state index contributed by atoms with van der Waals surface area (Å²) in [5, 5.41) is 8.29. The van der Waals surface area contributed by atoms with Gasteiger partial charge in [-0.05, 0) is 20.8 Å². The van der Waals surface area contributed by atoms with Gasteiger partial charge in [-0.15, -0.1) is 47.5 Å². The number of aryl methyl sites for hydroxylation is 1. The van der Waals surface area contributed by atoms with Crippen molar-refractivity contribution in [2.75, 3.05) is 0 Å². The Morgan fingerprint density at radius 1 is 1.29 bits per heavy atom. The van der Waals surface area contributed by atoms with Crippen LogP contribution in [0.15, 0.2) is 10.8 Å². The van der Waals surface area contributed by atoms with E-state index in [2.05, 4.69) is 15.3 Å². The van der Waals surface area contributed by atoms with Crippen LogP contribution in [0, 0.1) is 6.92 Å². The molecule has 0 atom stereocenters. The van der Waals surface area contributed by atoms with Gasteiger partial charge in [0.15, 0.2) is 0 Å². The zero-order valence-corrected chi connectivity index (χ0v) is 15.1. The first kappa shape index (κ1) is 20.3. The number of thiazole rings is 2. The summed E-state index contributed by atoms with van der Waals surface area (Å²) >= 11 is 2.93. The van der Waals surface area contributed by atoms with Gasteiger partial charge in [-0.2, -0.15) is 0 Å². The molecule has 0 saturated heterocycles. The normalized spacial score (nSPS) is 10.5. The van der Waals surface area contributed by atoms with Gasteiger partial charge in [0.25, 0.3) is 5.91 Å². The summed E-state index contributed by atoms with van der Waals surface area (Å²) in [5.41, 5.74) is 6.35. The number of nitrogens with zero attached hydrogens (tertiary/aromatic N) is 2. The van der Waals surface area contributed by atoms with Crippen molar-refractivity contribution >= 4 is 53.4 Å². The molecule has 9 heteroatoms. The molecule has 0 bridgehead atoms. The second-order valence-electron chi connectivity index (χ2n) is 4.70. The highest BCUT2D eigenvalue weighted by Crippen LogP contribution is 2.24. The quantitative estimate of drug-likeness (QED) is 0.868. The van der Waals surface area contributed by atoms with Crippen molar-refractivity contribution in [1.29, 1.82) is 0 Å². The van der Waals surface area contributed by atoms with Gasteiger partial charge in [-0.1, -0.05) is 0 Å². The fourth-order valence-corrected chi connectivity index (χ4v) is 3.08. The number of hydrogen-bond donors (Lipinski definition) is 2. The van der Waals surface area contributed by atoms with Crippen LogP contribution in [0.1, 0.15) is 40.0 Å². The summed E-state index contributed by atoms with van der Waals surface area (Å²) in [6.45, 7) is 6.15. The van der Waals surface area contributed by atoms with Crippen molar-refractivity contribution in [2.24, 2.45) is 5.73 Å². The van der Waals surface area contributed by atoms with E-state index in [1.807, 2.05) is 26.2 Å². The Bertz CT molecular complexity index is 598. The molecular formula is C12H18Cl2N4OS2. The fraction of sp³-hybridized carbons (Fsp3) is 0.417. The third-order valence-corrected chi connectivity index (χ3v) is 4.69. The molecule has 21 heavy (non-hydrogen) atoms. The molecule has 2 heterocycles. The van der Waals surface area contributed by atoms with E-state index in [4.69, 9.17) is 5.73 Å². The summed E-state index contributed by atoms with van der Waals surface area (Å²) in [6.07, 6.45) is 0. The monoisotopic (exact) mass is 368 g/mol.